The van der Waals surface area contributed by atoms with E-state index >= 15 is 0 Å². The van der Waals surface area contributed by atoms with Crippen molar-refractivity contribution in [2.24, 2.45) is 5.73 Å². The van der Waals surface area contributed by atoms with Gasteiger partial charge in [-0.1, -0.05) is 0 Å². The van der Waals surface area contributed by atoms with Gasteiger partial charge in [-0.2, -0.15) is 0 Å². The maximum atomic E-state index is 11.7. The van der Waals surface area contributed by atoms with Crippen LogP contribution in [0.5, 0.6) is 0 Å². The normalized spacial score (nSPS) is 12.8. The highest BCUT2D eigenvalue weighted by molar-refractivity contribution is 7.92. The van der Waals surface area contributed by atoms with E-state index in [4.69, 9.17) is 10.5 Å². The third kappa shape index (κ3) is 5.58. The van der Waals surface area contributed by atoms with Crippen molar-refractivity contribution >= 4 is 15.6 Å². The Labute approximate surface area is 97.3 Å². The van der Waals surface area contributed by atoms with Crippen LogP contribution in [0.2, 0.25) is 0 Å². The van der Waals surface area contributed by atoms with E-state index in [-0.39, 0.29) is 24.6 Å². The molecule has 0 bridgehead atoms. The molecule has 0 amide bonds. The summed E-state index contributed by atoms with van der Waals surface area (Å²) in [7, 11) is -3.22. The van der Waals surface area contributed by atoms with Crippen LogP contribution in [0, 0.1) is 0 Å². The molecule has 0 saturated heterocycles. The van der Waals surface area contributed by atoms with Crippen LogP contribution in [-0.2, 0) is 19.4 Å². The van der Waals surface area contributed by atoms with Crippen molar-refractivity contribution in [2.75, 3.05) is 25.5 Å². The molecule has 0 aromatic heterocycles. The smallest absolute Gasteiger partial charge is 0.159 e. The number of hydrogen-bond donors (Lipinski definition) is 1. The summed E-state index contributed by atoms with van der Waals surface area (Å²) in [5, 5.41) is 0. The predicted octanol–water partition coefficient (Wildman–Crippen LogP) is 0.134. The third-order valence-corrected chi connectivity index (χ3v) is 4.72. The summed E-state index contributed by atoms with van der Waals surface area (Å²) >= 11 is 0. The third-order valence-electron chi connectivity index (χ3n) is 2.11. The summed E-state index contributed by atoms with van der Waals surface area (Å²) in [5.74, 6) is -0.331. The summed E-state index contributed by atoms with van der Waals surface area (Å²) in [4.78, 5) is 11.3. The Morgan fingerprint density at radius 1 is 1.31 bits per heavy atom. The molecule has 0 spiro atoms. The average Bonchev–Trinajstić information content (AvgIpc) is 2.13. The first kappa shape index (κ1) is 15.5. The number of nitrogens with two attached hydrogens (primary N) is 1. The van der Waals surface area contributed by atoms with E-state index in [9.17, 15) is 13.2 Å². The summed E-state index contributed by atoms with van der Waals surface area (Å²) in [6.07, 6.45) is 0.00414. The van der Waals surface area contributed by atoms with E-state index in [0.717, 1.165) is 0 Å². The highest BCUT2D eigenvalue weighted by Crippen LogP contribution is 2.16. The number of rotatable bonds is 7. The van der Waals surface area contributed by atoms with Crippen LogP contribution in [0.15, 0.2) is 0 Å². The number of carbonyl (C=O) groups excluding carboxylic acids is 1. The number of sulfone groups is 1. The molecule has 0 aromatic rings. The molecule has 2 N–H and O–H groups in total. The largest absolute Gasteiger partial charge is 0.372 e. The maximum absolute atomic E-state index is 11.7. The van der Waals surface area contributed by atoms with Crippen molar-refractivity contribution < 1.29 is 17.9 Å². The molecule has 6 heteroatoms. The first-order valence-corrected chi connectivity index (χ1v) is 6.88. The lowest BCUT2D eigenvalue weighted by molar-refractivity contribution is -0.123. The highest BCUT2D eigenvalue weighted by Gasteiger charge is 2.28. The summed E-state index contributed by atoms with van der Waals surface area (Å²) in [6, 6.07) is 0. The number of ether oxygens (including phenoxy) is 1. The molecular weight excluding hydrogens is 230 g/mol. The van der Waals surface area contributed by atoms with E-state index in [1.165, 1.54) is 0 Å². The lowest BCUT2D eigenvalue weighted by Crippen LogP contribution is -2.31. The average molecular weight is 251 g/mol. The molecular formula is C10H21NO4S. The second-order valence-corrected chi connectivity index (χ2v) is 7.42. The quantitative estimate of drug-likeness (QED) is 0.650. The van der Waals surface area contributed by atoms with Crippen molar-refractivity contribution in [2.45, 2.75) is 31.9 Å². The SMILES string of the molecule is CC(C)(C)S(=O)(=O)CCC(=O)COCCN. The fourth-order valence-corrected chi connectivity index (χ4v) is 2.00. The molecule has 0 unspecified atom stereocenters. The number of ketones is 1. The molecule has 96 valence electrons. The number of carbonyl (C=O) groups is 1. The van der Waals surface area contributed by atoms with Crippen LogP contribution in [0.3, 0.4) is 0 Å². The Balaban J connectivity index is 4.02. The molecule has 0 rings (SSSR count). The van der Waals surface area contributed by atoms with Crippen LogP contribution in [-0.4, -0.2) is 44.5 Å². The Kier molecular flexibility index (Phi) is 6.14. The second kappa shape index (κ2) is 6.32. The Hall–Kier alpha value is -0.460. The Bertz CT molecular complexity index is 316. The minimum atomic E-state index is -3.22. The van der Waals surface area contributed by atoms with Gasteiger partial charge in [-0.3, -0.25) is 4.79 Å². The molecule has 0 heterocycles. The van der Waals surface area contributed by atoms with Gasteiger partial charge in [-0.05, 0) is 20.8 Å². The molecule has 5 nitrogen and oxygen atoms in total. The molecule has 16 heavy (non-hydrogen) atoms. The Morgan fingerprint density at radius 3 is 2.31 bits per heavy atom. The van der Waals surface area contributed by atoms with E-state index in [0.29, 0.717) is 13.2 Å². The van der Waals surface area contributed by atoms with Gasteiger partial charge in [-0.25, -0.2) is 8.42 Å². The number of Topliss-reactive ketones (excluding diaryl/α,β-unsaturated/α-hetero) is 1. The maximum Gasteiger partial charge on any atom is 0.159 e. The zero-order valence-corrected chi connectivity index (χ0v) is 11.0. The van der Waals surface area contributed by atoms with E-state index < -0.39 is 14.6 Å². The van der Waals surface area contributed by atoms with Crippen molar-refractivity contribution in [1.82, 2.24) is 0 Å². The van der Waals surface area contributed by atoms with E-state index in [1.807, 2.05) is 0 Å². The van der Waals surface area contributed by atoms with Crippen LogP contribution >= 0.6 is 0 Å². The fraction of sp³-hybridized carbons (Fsp3) is 0.900. The molecule has 0 saturated carbocycles. The standard InChI is InChI=1S/C10H21NO4S/c1-10(2,3)16(13,14)7-4-9(12)8-15-6-5-11/h4-8,11H2,1-3H3. The van der Waals surface area contributed by atoms with E-state index in [2.05, 4.69) is 0 Å². The Morgan fingerprint density at radius 2 is 1.88 bits per heavy atom. The van der Waals surface area contributed by atoms with Gasteiger partial charge in [0.25, 0.3) is 0 Å². The lowest BCUT2D eigenvalue weighted by Gasteiger charge is -2.18. The highest BCUT2D eigenvalue weighted by atomic mass is 32.2. The van der Waals surface area contributed by atoms with Gasteiger partial charge in [0.2, 0.25) is 0 Å². The predicted molar refractivity (Wildman–Crippen MR) is 63.0 cm³/mol. The lowest BCUT2D eigenvalue weighted by atomic mass is 10.3. The van der Waals surface area contributed by atoms with Gasteiger partial charge in [-0.15, -0.1) is 0 Å². The van der Waals surface area contributed by atoms with Gasteiger partial charge in [0.1, 0.15) is 6.61 Å². The van der Waals surface area contributed by atoms with Crippen LogP contribution in [0.25, 0.3) is 0 Å². The number of hydrogen-bond acceptors (Lipinski definition) is 5. The molecule has 0 aliphatic heterocycles. The first-order valence-electron chi connectivity index (χ1n) is 5.22. The van der Waals surface area contributed by atoms with Gasteiger partial charge in [0.05, 0.1) is 17.1 Å². The topological polar surface area (TPSA) is 86.5 Å². The fourth-order valence-electron chi connectivity index (χ4n) is 0.896. The first-order chi connectivity index (χ1) is 7.20. The van der Waals surface area contributed by atoms with Gasteiger partial charge in [0.15, 0.2) is 15.6 Å². The van der Waals surface area contributed by atoms with Crippen LogP contribution < -0.4 is 5.73 Å². The van der Waals surface area contributed by atoms with E-state index in [1.54, 1.807) is 20.8 Å². The molecule has 0 radical (unpaired) electrons. The minimum absolute atomic E-state index is 0.00414. The van der Waals surface area contributed by atoms with Gasteiger partial charge in [0, 0.05) is 13.0 Å². The molecule has 0 aromatic carbocycles. The summed E-state index contributed by atoms with van der Waals surface area (Å²) in [5.41, 5.74) is 5.18. The van der Waals surface area contributed by atoms with Crippen molar-refractivity contribution in [3.05, 3.63) is 0 Å². The zero-order valence-electron chi connectivity index (χ0n) is 10.2. The molecule has 0 atom stereocenters. The van der Waals surface area contributed by atoms with Crippen LogP contribution in [0.1, 0.15) is 27.2 Å². The molecule has 0 aliphatic rings. The van der Waals surface area contributed by atoms with Crippen molar-refractivity contribution in [3.8, 4) is 0 Å². The summed E-state index contributed by atoms with van der Waals surface area (Å²) < 4.78 is 27.5. The monoisotopic (exact) mass is 251 g/mol. The minimum Gasteiger partial charge on any atom is -0.372 e. The van der Waals surface area contributed by atoms with Crippen molar-refractivity contribution in [3.63, 3.8) is 0 Å². The van der Waals surface area contributed by atoms with Crippen LogP contribution in [0.4, 0.5) is 0 Å². The zero-order chi connectivity index (χ0) is 12.8. The van der Waals surface area contributed by atoms with Gasteiger partial charge >= 0.3 is 0 Å². The molecule has 0 fully saturated rings. The second-order valence-electron chi connectivity index (χ2n) is 4.56. The molecule has 0 aliphatic carbocycles. The van der Waals surface area contributed by atoms with Crippen molar-refractivity contribution in [1.29, 1.82) is 0 Å². The summed E-state index contributed by atoms with van der Waals surface area (Å²) in [6.45, 7) is 5.48. The van der Waals surface area contributed by atoms with Gasteiger partial charge < -0.3 is 10.5 Å².